The molecule has 0 aliphatic rings. The Kier molecular flexibility index (Phi) is 7.27. The highest BCUT2D eigenvalue weighted by atomic mass is 127. The molecule has 0 aliphatic heterocycles. The van der Waals surface area contributed by atoms with Crippen LogP contribution < -0.4 is 4.90 Å². The summed E-state index contributed by atoms with van der Waals surface area (Å²) in [6.45, 7) is 6.38. The molecule has 3 heteroatoms. The zero-order valence-corrected chi connectivity index (χ0v) is 15.0. The second-order valence-corrected chi connectivity index (χ2v) is 6.73. The molecule has 20 heavy (non-hydrogen) atoms. The van der Waals surface area contributed by atoms with Gasteiger partial charge in [0, 0.05) is 17.0 Å². The zero-order valence-electron chi connectivity index (χ0n) is 12.8. The maximum Gasteiger partial charge on any atom is 0.227 e. The summed E-state index contributed by atoms with van der Waals surface area (Å²) in [6, 6.07) is 7.98. The van der Waals surface area contributed by atoms with Gasteiger partial charge in [-0.15, -0.1) is 0 Å². The predicted octanol–water partition coefficient (Wildman–Crippen LogP) is 5.03. The van der Waals surface area contributed by atoms with Crippen molar-refractivity contribution in [2.45, 2.75) is 40.0 Å². The number of nitrogens with zero attached hydrogens (tertiary/aromatic N) is 1. The first kappa shape index (κ1) is 17.2. The van der Waals surface area contributed by atoms with Gasteiger partial charge in [-0.25, -0.2) is 0 Å². The highest BCUT2D eigenvalue weighted by molar-refractivity contribution is 14.1. The number of halogens is 1. The minimum absolute atomic E-state index is 0.193. The molecule has 0 aromatic heterocycles. The van der Waals surface area contributed by atoms with Crippen molar-refractivity contribution < 1.29 is 4.79 Å². The highest BCUT2D eigenvalue weighted by Crippen LogP contribution is 2.23. The largest absolute Gasteiger partial charge is 0.314 e. The number of hydrogen-bond acceptors (Lipinski definition) is 1. The first-order chi connectivity index (χ1) is 9.41. The van der Waals surface area contributed by atoms with Crippen LogP contribution >= 0.6 is 22.6 Å². The summed E-state index contributed by atoms with van der Waals surface area (Å²) >= 11 is 2.27. The van der Waals surface area contributed by atoms with E-state index in [1.54, 1.807) is 4.90 Å². The van der Waals surface area contributed by atoms with Gasteiger partial charge in [-0.05, 0) is 67.3 Å². The third-order valence-electron chi connectivity index (χ3n) is 3.32. The number of carbonyl (C=O) groups excluding carboxylic acids is 1. The van der Waals surface area contributed by atoms with Gasteiger partial charge in [-0.3, -0.25) is 4.79 Å². The van der Waals surface area contributed by atoms with Gasteiger partial charge >= 0.3 is 0 Å². The second kappa shape index (κ2) is 8.45. The summed E-state index contributed by atoms with van der Waals surface area (Å²) in [5.74, 6) is 0.612. The molecule has 0 N–H and O–H groups in total. The molecule has 1 rings (SSSR count). The van der Waals surface area contributed by atoms with Gasteiger partial charge in [0.1, 0.15) is 0 Å². The molecule has 0 spiro atoms. The average molecular weight is 385 g/mol. The number of benzene rings is 1. The third kappa shape index (κ3) is 5.65. The monoisotopic (exact) mass is 385 g/mol. The molecule has 0 heterocycles. The Morgan fingerprint density at radius 1 is 1.35 bits per heavy atom. The third-order valence-corrected chi connectivity index (χ3v) is 4.24. The fourth-order valence-corrected chi connectivity index (χ4v) is 2.80. The summed E-state index contributed by atoms with van der Waals surface area (Å²) < 4.78 is 1.11. The Balaban J connectivity index is 2.54. The lowest BCUT2D eigenvalue weighted by molar-refractivity contribution is -0.119. The highest BCUT2D eigenvalue weighted by Gasteiger charge is 2.16. The Morgan fingerprint density at radius 2 is 2.00 bits per heavy atom. The van der Waals surface area contributed by atoms with Crippen molar-refractivity contribution in [3.05, 3.63) is 39.5 Å². The molecule has 0 aliphatic carbocycles. The van der Waals surface area contributed by atoms with Crippen LogP contribution in [0.4, 0.5) is 5.69 Å². The molecule has 0 bridgehead atoms. The van der Waals surface area contributed by atoms with Crippen molar-refractivity contribution in [2.75, 3.05) is 11.9 Å². The standard InChI is InChI=1S/C17H24INO/c1-13(2)8-7-9-14(3)12-17(20)19(4)16-11-6-5-10-15(16)18/h5-6,8,10-11,14H,7,9,12H2,1-4H3. The summed E-state index contributed by atoms with van der Waals surface area (Å²) in [5, 5.41) is 0. The number of carbonyl (C=O) groups is 1. The topological polar surface area (TPSA) is 20.3 Å². The average Bonchev–Trinajstić information content (AvgIpc) is 2.38. The Labute approximate surface area is 136 Å². The lowest BCUT2D eigenvalue weighted by Gasteiger charge is -2.20. The second-order valence-electron chi connectivity index (χ2n) is 5.57. The molecule has 0 saturated heterocycles. The predicted molar refractivity (Wildman–Crippen MR) is 95.0 cm³/mol. The van der Waals surface area contributed by atoms with Gasteiger partial charge in [-0.1, -0.05) is 30.7 Å². The van der Waals surface area contributed by atoms with Crippen molar-refractivity contribution in [1.82, 2.24) is 0 Å². The fraction of sp³-hybridized carbons (Fsp3) is 0.471. The molecule has 110 valence electrons. The number of anilines is 1. The van der Waals surface area contributed by atoms with E-state index in [4.69, 9.17) is 0 Å². The van der Waals surface area contributed by atoms with Crippen LogP contribution in [0.2, 0.25) is 0 Å². The maximum atomic E-state index is 12.3. The minimum atomic E-state index is 0.193. The molecule has 1 atom stereocenters. The van der Waals surface area contributed by atoms with E-state index in [1.807, 2.05) is 31.3 Å². The van der Waals surface area contributed by atoms with E-state index in [-0.39, 0.29) is 5.91 Å². The Bertz CT molecular complexity index is 478. The zero-order chi connectivity index (χ0) is 15.1. The van der Waals surface area contributed by atoms with E-state index in [9.17, 15) is 4.79 Å². The number of allylic oxidation sites excluding steroid dienone is 2. The summed E-state index contributed by atoms with van der Waals surface area (Å²) in [5.41, 5.74) is 2.34. The molecule has 1 amide bonds. The molecule has 1 aromatic rings. The molecular formula is C17H24INO. The lowest BCUT2D eigenvalue weighted by Crippen LogP contribution is -2.28. The normalized spacial score (nSPS) is 11.8. The number of amides is 1. The molecule has 0 saturated carbocycles. The van der Waals surface area contributed by atoms with Crippen molar-refractivity contribution in [3.63, 3.8) is 0 Å². The van der Waals surface area contributed by atoms with Crippen LogP contribution in [0.5, 0.6) is 0 Å². The van der Waals surface area contributed by atoms with Gasteiger partial charge < -0.3 is 4.90 Å². The summed E-state index contributed by atoms with van der Waals surface area (Å²) in [4.78, 5) is 14.1. The molecular weight excluding hydrogens is 361 g/mol. The SMILES string of the molecule is CC(C)=CCCC(C)CC(=O)N(C)c1ccccc1I. The Morgan fingerprint density at radius 3 is 2.60 bits per heavy atom. The van der Waals surface area contributed by atoms with Crippen LogP contribution in [0.25, 0.3) is 0 Å². The molecule has 1 unspecified atom stereocenters. The fourth-order valence-electron chi connectivity index (χ4n) is 2.05. The molecule has 1 aromatic carbocycles. The number of para-hydroxylation sites is 1. The van der Waals surface area contributed by atoms with Crippen LogP contribution in [0.15, 0.2) is 35.9 Å². The van der Waals surface area contributed by atoms with E-state index >= 15 is 0 Å². The number of hydrogen-bond donors (Lipinski definition) is 0. The summed E-state index contributed by atoms with van der Waals surface area (Å²) in [6.07, 6.45) is 4.98. The summed E-state index contributed by atoms with van der Waals surface area (Å²) in [7, 11) is 1.86. The van der Waals surface area contributed by atoms with Crippen LogP contribution in [0, 0.1) is 9.49 Å². The lowest BCUT2D eigenvalue weighted by atomic mass is 10.00. The van der Waals surface area contributed by atoms with Crippen LogP contribution in [0.3, 0.4) is 0 Å². The van der Waals surface area contributed by atoms with Crippen molar-refractivity contribution in [1.29, 1.82) is 0 Å². The van der Waals surface area contributed by atoms with Crippen LogP contribution in [-0.2, 0) is 4.79 Å². The quantitative estimate of drug-likeness (QED) is 0.497. The van der Waals surface area contributed by atoms with E-state index in [1.165, 1.54) is 5.57 Å². The van der Waals surface area contributed by atoms with Gasteiger partial charge in [0.05, 0.1) is 5.69 Å². The maximum absolute atomic E-state index is 12.3. The smallest absolute Gasteiger partial charge is 0.227 e. The first-order valence-electron chi connectivity index (χ1n) is 7.06. The van der Waals surface area contributed by atoms with Crippen molar-refractivity contribution in [2.24, 2.45) is 5.92 Å². The van der Waals surface area contributed by atoms with Gasteiger partial charge in [-0.2, -0.15) is 0 Å². The van der Waals surface area contributed by atoms with Crippen LogP contribution in [0.1, 0.15) is 40.0 Å². The molecule has 0 fully saturated rings. The van der Waals surface area contributed by atoms with Crippen molar-refractivity contribution >= 4 is 34.2 Å². The van der Waals surface area contributed by atoms with Crippen molar-refractivity contribution in [3.8, 4) is 0 Å². The van der Waals surface area contributed by atoms with Gasteiger partial charge in [0.2, 0.25) is 5.91 Å². The van der Waals surface area contributed by atoms with Gasteiger partial charge in [0.25, 0.3) is 0 Å². The van der Waals surface area contributed by atoms with E-state index in [2.05, 4.69) is 49.4 Å². The van der Waals surface area contributed by atoms with E-state index in [0.717, 1.165) is 22.1 Å². The first-order valence-corrected chi connectivity index (χ1v) is 8.14. The van der Waals surface area contributed by atoms with Gasteiger partial charge in [0.15, 0.2) is 0 Å². The van der Waals surface area contributed by atoms with E-state index < -0.39 is 0 Å². The minimum Gasteiger partial charge on any atom is -0.314 e. The number of rotatable bonds is 6. The Hall–Kier alpha value is -0.840. The molecule has 2 nitrogen and oxygen atoms in total. The van der Waals surface area contributed by atoms with E-state index in [0.29, 0.717) is 12.3 Å². The molecule has 0 radical (unpaired) electrons. The van der Waals surface area contributed by atoms with Crippen LogP contribution in [-0.4, -0.2) is 13.0 Å².